The quantitative estimate of drug-likeness (QED) is 0.877. The van der Waals surface area contributed by atoms with Gasteiger partial charge in [-0.2, -0.15) is 0 Å². The standard InChI is InChI=1S/C16H22N2OS/c1-11(2)17-8-14-10-20-16(18-14)9-19-15-7-12(3)5-6-13(15)4/h5-7,10-11,17H,8-9H2,1-4H3. The van der Waals surface area contributed by atoms with E-state index in [-0.39, 0.29) is 0 Å². The highest BCUT2D eigenvalue weighted by molar-refractivity contribution is 7.09. The van der Waals surface area contributed by atoms with Crippen LogP contribution in [0.2, 0.25) is 0 Å². The highest BCUT2D eigenvalue weighted by atomic mass is 32.1. The van der Waals surface area contributed by atoms with E-state index in [1.807, 2.05) is 0 Å². The van der Waals surface area contributed by atoms with E-state index in [0.29, 0.717) is 12.6 Å². The Morgan fingerprint density at radius 1 is 1.30 bits per heavy atom. The summed E-state index contributed by atoms with van der Waals surface area (Å²) in [6.45, 7) is 9.77. The van der Waals surface area contributed by atoms with Gasteiger partial charge in [-0.3, -0.25) is 0 Å². The van der Waals surface area contributed by atoms with E-state index in [9.17, 15) is 0 Å². The molecule has 1 heterocycles. The molecule has 3 nitrogen and oxygen atoms in total. The molecule has 4 heteroatoms. The van der Waals surface area contributed by atoms with E-state index in [1.54, 1.807) is 11.3 Å². The van der Waals surface area contributed by atoms with Gasteiger partial charge in [-0.15, -0.1) is 11.3 Å². The van der Waals surface area contributed by atoms with Crippen molar-refractivity contribution in [2.75, 3.05) is 0 Å². The van der Waals surface area contributed by atoms with Crippen molar-refractivity contribution in [2.24, 2.45) is 0 Å². The maximum Gasteiger partial charge on any atom is 0.140 e. The lowest BCUT2D eigenvalue weighted by molar-refractivity contribution is 0.303. The minimum Gasteiger partial charge on any atom is -0.486 e. The van der Waals surface area contributed by atoms with E-state index >= 15 is 0 Å². The summed E-state index contributed by atoms with van der Waals surface area (Å²) in [6, 6.07) is 6.74. The minimum absolute atomic E-state index is 0.478. The van der Waals surface area contributed by atoms with Gasteiger partial charge in [0.05, 0.1) is 5.69 Å². The van der Waals surface area contributed by atoms with Crippen LogP contribution in [0, 0.1) is 13.8 Å². The van der Waals surface area contributed by atoms with Gasteiger partial charge in [-0.1, -0.05) is 26.0 Å². The molecule has 0 aliphatic heterocycles. The maximum atomic E-state index is 5.87. The van der Waals surface area contributed by atoms with Crippen molar-refractivity contribution in [3.63, 3.8) is 0 Å². The molecular formula is C16H22N2OS. The van der Waals surface area contributed by atoms with Gasteiger partial charge in [0, 0.05) is 18.0 Å². The second-order valence-corrected chi connectivity index (χ2v) is 6.27. The molecule has 0 radical (unpaired) electrons. The number of nitrogens with zero attached hydrogens (tertiary/aromatic N) is 1. The van der Waals surface area contributed by atoms with Gasteiger partial charge >= 0.3 is 0 Å². The Kier molecular flexibility index (Phi) is 5.15. The largest absolute Gasteiger partial charge is 0.486 e. The first-order valence-electron chi connectivity index (χ1n) is 6.91. The third kappa shape index (κ3) is 4.32. The van der Waals surface area contributed by atoms with Crippen LogP contribution in [0.25, 0.3) is 0 Å². The number of thiazole rings is 1. The van der Waals surface area contributed by atoms with Crippen LogP contribution in [0.5, 0.6) is 5.75 Å². The number of benzene rings is 1. The summed E-state index contributed by atoms with van der Waals surface area (Å²) < 4.78 is 5.87. The molecule has 0 atom stereocenters. The number of ether oxygens (including phenoxy) is 1. The monoisotopic (exact) mass is 290 g/mol. The lowest BCUT2D eigenvalue weighted by Crippen LogP contribution is -2.21. The molecule has 0 fully saturated rings. The summed E-state index contributed by atoms with van der Waals surface area (Å²) in [6.07, 6.45) is 0. The van der Waals surface area contributed by atoms with Gasteiger partial charge in [0.2, 0.25) is 0 Å². The number of aryl methyl sites for hydroxylation is 2. The second kappa shape index (κ2) is 6.86. The summed E-state index contributed by atoms with van der Waals surface area (Å²) in [5, 5.41) is 6.48. The fraction of sp³-hybridized carbons (Fsp3) is 0.438. The lowest BCUT2D eigenvalue weighted by Gasteiger charge is -2.08. The van der Waals surface area contributed by atoms with Crippen molar-refractivity contribution in [3.05, 3.63) is 45.4 Å². The van der Waals surface area contributed by atoms with E-state index in [4.69, 9.17) is 4.74 Å². The van der Waals surface area contributed by atoms with Crippen LogP contribution in [0.4, 0.5) is 0 Å². The van der Waals surface area contributed by atoms with Crippen molar-refractivity contribution >= 4 is 11.3 Å². The number of rotatable bonds is 6. The fourth-order valence-corrected chi connectivity index (χ4v) is 2.51. The molecule has 0 aliphatic carbocycles. The van der Waals surface area contributed by atoms with Crippen molar-refractivity contribution in [1.29, 1.82) is 0 Å². The topological polar surface area (TPSA) is 34.1 Å². The number of aromatic nitrogens is 1. The zero-order valence-electron chi connectivity index (χ0n) is 12.6. The molecule has 0 saturated carbocycles. The average Bonchev–Trinajstić information content (AvgIpc) is 2.85. The highest BCUT2D eigenvalue weighted by Crippen LogP contribution is 2.21. The third-order valence-corrected chi connectivity index (χ3v) is 3.86. The van der Waals surface area contributed by atoms with Crippen LogP contribution in [0.3, 0.4) is 0 Å². The third-order valence-electron chi connectivity index (χ3n) is 2.99. The predicted octanol–water partition coefficient (Wildman–Crippen LogP) is 3.84. The Bertz CT molecular complexity index is 563. The van der Waals surface area contributed by atoms with Gasteiger partial charge in [0.15, 0.2) is 0 Å². The molecule has 0 spiro atoms. The molecule has 0 unspecified atom stereocenters. The predicted molar refractivity (Wildman–Crippen MR) is 84.3 cm³/mol. The second-order valence-electron chi connectivity index (χ2n) is 5.33. The highest BCUT2D eigenvalue weighted by Gasteiger charge is 2.05. The molecule has 0 amide bonds. The van der Waals surface area contributed by atoms with Gasteiger partial charge < -0.3 is 10.1 Å². The Balaban J connectivity index is 1.92. The smallest absolute Gasteiger partial charge is 0.140 e. The van der Waals surface area contributed by atoms with E-state index in [0.717, 1.165) is 28.6 Å². The molecule has 1 aromatic heterocycles. The van der Waals surface area contributed by atoms with Crippen LogP contribution in [0.15, 0.2) is 23.6 Å². The van der Waals surface area contributed by atoms with Gasteiger partial charge in [0.25, 0.3) is 0 Å². The van der Waals surface area contributed by atoms with E-state index in [2.05, 4.69) is 61.6 Å². The minimum atomic E-state index is 0.478. The van der Waals surface area contributed by atoms with Gasteiger partial charge in [0.1, 0.15) is 17.4 Å². The van der Waals surface area contributed by atoms with Gasteiger partial charge in [-0.05, 0) is 31.0 Å². The van der Waals surface area contributed by atoms with E-state index < -0.39 is 0 Å². The average molecular weight is 290 g/mol. The normalized spacial score (nSPS) is 11.1. The number of hydrogen-bond acceptors (Lipinski definition) is 4. The van der Waals surface area contributed by atoms with Crippen LogP contribution in [-0.4, -0.2) is 11.0 Å². The summed E-state index contributed by atoms with van der Waals surface area (Å²) in [4.78, 5) is 4.58. The lowest BCUT2D eigenvalue weighted by atomic mass is 10.1. The molecule has 1 aromatic carbocycles. The molecule has 2 rings (SSSR count). The SMILES string of the molecule is Cc1ccc(C)c(OCc2nc(CNC(C)C)cs2)c1. The maximum absolute atomic E-state index is 5.87. The molecule has 0 bridgehead atoms. The van der Waals surface area contributed by atoms with Crippen LogP contribution in [0.1, 0.15) is 35.7 Å². The van der Waals surface area contributed by atoms with Gasteiger partial charge in [-0.25, -0.2) is 4.98 Å². The molecule has 2 aromatic rings. The van der Waals surface area contributed by atoms with Crippen LogP contribution in [-0.2, 0) is 13.2 Å². The molecular weight excluding hydrogens is 268 g/mol. The Labute approximate surface area is 125 Å². The fourth-order valence-electron chi connectivity index (χ4n) is 1.81. The Morgan fingerprint density at radius 2 is 2.10 bits per heavy atom. The molecule has 108 valence electrons. The van der Waals surface area contributed by atoms with Crippen LogP contribution < -0.4 is 10.1 Å². The molecule has 0 saturated heterocycles. The first-order chi connectivity index (χ1) is 9.54. The zero-order chi connectivity index (χ0) is 14.5. The first kappa shape index (κ1) is 15.0. The Hall–Kier alpha value is -1.39. The Morgan fingerprint density at radius 3 is 2.85 bits per heavy atom. The first-order valence-corrected chi connectivity index (χ1v) is 7.79. The summed E-state index contributed by atoms with van der Waals surface area (Å²) in [5.41, 5.74) is 3.46. The zero-order valence-corrected chi connectivity index (χ0v) is 13.4. The number of hydrogen-bond donors (Lipinski definition) is 1. The number of nitrogens with one attached hydrogen (secondary N) is 1. The summed E-state index contributed by atoms with van der Waals surface area (Å²) >= 11 is 1.65. The van der Waals surface area contributed by atoms with Crippen molar-refractivity contribution in [2.45, 2.75) is 46.9 Å². The summed E-state index contributed by atoms with van der Waals surface area (Å²) in [7, 11) is 0. The van der Waals surface area contributed by atoms with Crippen molar-refractivity contribution in [1.82, 2.24) is 10.3 Å². The molecule has 0 aliphatic rings. The van der Waals surface area contributed by atoms with Crippen LogP contribution >= 0.6 is 11.3 Å². The summed E-state index contributed by atoms with van der Waals surface area (Å²) in [5.74, 6) is 0.946. The van der Waals surface area contributed by atoms with Crippen molar-refractivity contribution in [3.8, 4) is 5.75 Å². The van der Waals surface area contributed by atoms with E-state index in [1.165, 1.54) is 5.56 Å². The molecule has 20 heavy (non-hydrogen) atoms. The van der Waals surface area contributed by atoms with Crippen molar-refractivity contribution < 1.29 is 4.74 Å². The molecule has 1 N–H and O–H groups in total.